The van der Waals surface area contributed by atoms with Crippen LogP contribution in [-0.4, -0.2) is 29.3 Å². The second-order valence-corrected chi connectivity index (χ2v) is 5.38. The highest BCUT2D eigenvalue weighted by Gasteiger charge is 2.31. The quantitative estimate of drug-likeness (QED) is 0.349. The molecule has 1 unspecified atom stereocenters. The lowest BCUT2D eigenvalue weighted by molar-refractivity contribution is -0.138. The van der Waals surface area contributed by atoms with Crippen molar-refractivity contribution < 1.29 is 15.0 Å². The van der Waals surface area contributed by atoms with Crippen molar-refractivity contribution in [1.29, 1.82) is 0 Å². The molecule has 3 rings (SSSR count). The number of nitrogens with two attached hydrogens (primary N) is 1. The van der Waals surface area contributed by atoms with Gasteiger partial charge in [-0.2, -0.15) is 0 Å². The van der Waals surface area contributed by atoms with E-state index >= 15 is 0 Å². The average molecular weight is 314 g/mol. The summed E-state index contributed by atoms with van der Waals surface area (Å²) in [7, 11) is 0. The molecule has 0 saturated carbocycles. The fourth-order valence-corrected chi connectivity index (χ4v) is 2.94. The van der Waals surface area contributed by atoms with Gasteiger partial charge in [-0.15, -0.1) is 0 Å². The fourth-order valence-electron chi connectivity index (χ4n) is 2.94. The number of allylic oxidation sites excluding steroid dienone is 3. The maximum atomic E-state index is 11.6. The molecule has 7 heteroatoms. The summed E-state index contributed by atoms with van der Waals surface area (Å²) in [6.07, 6.45) is 3.37. The summed E-state index contributed by atoms with van der Waals surface area (Å²) in [5.74, 6) is 4.16. The number of carboxylic acids is 1. The molecule has 1 aromatic carbocycles. The molecule has 1 heterocycles. The molecule has 2 aliphatic rings. The summed E-state index contributed by atoms with van der Waals surface area (Å²) in [4.78, 5) is 11.6. The van der Waals surface area contributed by atoms with Crippen LogP contribution in [0.5, 0.6) is 5.75 Å². The Labute approximate surface area is 133 Å². The minimum absolute atomic E-state index is 0.138. The standard InChI is InChI=1S/C16H18N4O3/c17-20-15-12(9-2-1-3-11(21)6-9)4-5-13(16(22)23)14(15)10-7-18-19-8-10/h1-6,13,18-21H,7-8,17H2,(H,22,23). The second-order valence-electron chi connectivity index (χ2n) is 5.38. The molecule has 1 fully saturated rings. The van der Waals surface area contributed by atoms with Gasteiger partial charge >= 0.3 is 5.97 Å². The van der Waals surface area contributed by atoms with Crippen molar-refractivity contribution >= 4 is 11.5 Å². The first-order valence-corrected chi connectivity index (χ1v) is 7.21. The van der Waals surface area contributed by atoms with Crippen LogP contribution in [0.4, 0.5) is 0 Å². The third kappa shape index (κ3) is 2.85. The lowest BCUT2D eigenvalue weighted by Crippen LogP contribution is -2.31. The number of hydrogen-bond acceptors (Lipinski definition) is 6. The van der Waals surface area contributed by atoms with Crippen LogP contribution < -0.4 is 22.1 Å². The Morgan fingerprint density at radius 3 is 2.65 bits per heavy atom. The number of hydrogen-bond donors (Lipinski definition) is 6. The van der Waals surface area contributed by atoms with Crippen molar-refractivity contribution in [2.45, 2.75) is 0 Å². The van der Waals surface area contributed by atoms with Gasteiger partial charge in [-0.1, -0.05) is 24.3 Å². The van der Waals surface area contributed by atoms with Gasteiger partial charge in [0.05, 0.1) is 5.70 Å². The zero-order valence-corrected chi connectivity index (χ0v) is 12.3. The Bertz CT molecular complexity index is 729. The summed E-state index contributed by atoms with van der Waals surface area (Å²) in [6.45, 7) is 1.09. The number of phenolic OH excluding ortho intramolecular Hbond substituents is 1. The molecular formula is C16H18N4O3. The Balaban J connectivity index is 2.18. The van der Waals surface area contributed by atoms with Crippen LogP contribution in [0, 0.1) is 5.92 Å². The molecule has 23 heavy (non-hydrogen) atoms. The first kappa shape index (κ1) is 15.3. The number of phenols is 1. The molecule has 1 aliphatic heterocycles. The van der Waals surface area contributed by atoms with E-state index in [1.165, 1.54) is 0 Å². The van der Waals surface area contributed by atoms with E-state index in [0.29, 0.717) is 24.4 Å². The highest BCUT2D eigenvalue weighted by Crippen LogP contribution is 2.36. The van der Waals surface area contributed by atoms with Crippen LogP contribution in [0.25, 0.3) is 5.57 Å². The van der Waals surface area contributed by atoms with E-state index in [1.807, 2.05) is 6.07 Å². The fraction of sp³-hybridized carbons (Fsp3) is 0.188. The molecule has 7 nitrogen and oxygen atoms in total. The molecule has 0 amide bonds. The van der Waals surface area contributed by atoms with Crippen molar-refractivity contribution in [2.24, 2.45) is 11.8 Å². The van der Waals surface area contributed by atoms with Crippen LogP contribution in [0.3, 0.4) is 0 Å². The third-order valence-electron chi connectivity index (χ3n) is 3.98. The van der Waals surface area contributed by atoms with Crippen LogP contribution in [0.2, 0.25) is 0 Å². The first-order valence-electron chi connectivity index (χ1n) is 7.21. The van der Waals surface area contributed by atoms with E-state index < -0.39 is 11.9 Å². The Kier molecular flexibility index (Phi) is 4.16. The third-order valence-corrected chi connectivity index (χ3v) is 3.98. The largest absolute Gasteiger partial charge is 0.508 e. The van der Waals surface area contributed by atoms with Crippen molar-refractivity contribution in [3.8, 4) is 5.75 Å². The number of hydrazine groups is 2. The highest BCUT2D eigenvalue weighted by atomic mass is 16.4. The SMILES string of the molecule is NNC1=C(c2cccc(O)c2)C=CC(C(=O)O)C1=C1CNNC1. The maximum absolute atomic E-state index is 11.6. The van der Waals surface area contributed by atoms with Gasteiger partial charge in [0, 0.05) is 18.7 Å². The lowest BCUT2D eigenvalue weighted by atomic mass is 9.83. The van der Waals surface area contributed by atoms with Crippen LogP contribution in [0.15, 0.2) is 53.3 Å². The smallest absolute Gasteiger partial charge is 0.314 e. The number of aromatic hydroxyl groups is 1. The topological polar surface area (TPSA) is 120 Å². The van der Waals surface area contributed by atoms with Crippen molar-refractivity contribution in [1.82, 2.24) is 16.3 Å². The molecule has 0 spiro atoms. The molecule has 1 atom stereocenters. The number of nitrogens with one attached hydrogen (secondary N) is 3. The number of carbonyl (C=O) groups is 1. The molecule has 1 saturated heterocycles. The van der Waals surface area contributed by atoms with Gasteiger partial charge in [-0.3, -0.25) is 21.5 Å². The molecule has 0 radical (unpaired) electrons. The van der Waals surface area contributed by atoms with Crippen LogP contribution >= 0.6 is 0 Å². The van der Waals surface area contributed by atoms with Gasteiger partial charge in [-0.05, 0) is 28.8 Å². The van der Waals surface area contributed by atoms with Crippen molar-refractivity contribution in [3.05, 3.63) is 58.8 Å². The Morgan fingerprint density at radius 2 is 2.04 bits per heavy atom. The van der Waals surface area contributed by atoms with E-state index in [9.17, 15) is 15.0 Å². The van der Waals surface area contributed by atoms with Gasteiger partial charge in [0.1, 0.15) is 11.7 Å². The van der Waals surface area contributed by atoms with Gasteiger partial charge in [0.15, 0.2) is 0 Å². The predicted molar refractivity (Wildman–Crippen MR) is 85.6 cm³/mol. The number of rotatable bonds is 3. The van der Waals surface area contributed by atoms with Crippen molar-refractivity contribution in [3.63, 3.8) is 0 Å². The summed E-state index contributed by atoms with van der Waals surface area (Å²) in [6, 6.07) is 6.77. The lowest BCUT2D eigenvalue weighted by Gasteiger charge is -2.25. The van der Waals surface area contributed by atoms with E-state index in [-0.39, 0.29) is 5.75 Å². The maximum Gasteiger partial charge on any atom is 0.314 e. The minimum Gasteiger partial charge on any atom is -0.508 e. The molecule has 120 valence electrons. The zero-order valence-electron chi connectivity index (χ0n) is 12.3. The number of carboxylic acid groups (broad SMARTS) is 1. The van der Waals surface area contributed by atoms with E-state index in [0.717, 1.165) is 16.7 Å². The summed E-state index contributed by atoms with van der Waals surface area (Å²) in [5.41, 5.74) is 12.3. The summed E-state index contributed by atoms with van der Waals surface area (Å²) >= 11 is 0. The molecule has 1 aliphatic carbocycles. The van der Waals surface area contributed by atoms with E-state index in [1.54, 1.807) is 30.4 Å². The molecule has 1 aromatic rings. The van der Waals surface area contributed by atoms with Crippen molar-refractivity contribution in [2.75, 3.05) is 13.1 Å². The monoisotopic (exact) mass is 314 g/mol. The molecule has 0 aromatic heterocycles. The number of benzene rings is 1. The molecule has 7 N–H and O–H groups in total. The average Bonchev–Trinajstić information content (AvgIpc) is 3.07. The van der Waals surface area contributed by atoms with Crippen LogP contribution in [0.1, 0.15) is 5.56 Å². The van der Waals surface area contributed by atoms with Crippen LogP contribution in [-0.2, 0) is 4.79 Å². The first-order chi connectivity index (χ1) is 11.1. The predicted octanol–water partition coefficient (Wildman–Crippen LogP) is 0.242. The van der Waals surface area contributed by atoms with E-state index in [4.69, 9.17) is 5.84 Å². The zero-order chi connectivity index (χ0) is 16.4. The minimum atomic E-state index is -0.932. The van der Waals surface area contributed by atoms with E-state index in [2.05, 4.69) is 16.3 Å². The second kappa shape index (κ2) is 6.25. The van der Waals surface area contributed by atoms with Gasteiger partial charge < -0.3 is 15.6 Å². The van der Waals surface area contributed by atoms with Gasteiger partial charge in [-0.25, -0.2) is 0 Å². The molecular weight excluding hydrogens is 296 g/mol. The Hall–Kier alpha value is -2.61. The summed E-state index contributed by atoms with van der Waals surface area (Å²) < 4.78 is 0. The van der Waals surface area contributed by atoms with Gasteiger partial charge in [0.25, 0.3) is 0 Å². The Morgan fingerprint density at radius 1 is 1.30 bits per heavy atom. The highest BCUT2D eigenvalue weighted by molar-refractivity contribution is 5.88. The van der Waals surface area contributed by atoms with Gasteiger partial charge in [0.2, 0.25) is 0 Å². The molecule has 0 bridgehead atoms. The summed E-state index contributed by atoms with van der Waals surface area (Å²) in [5, 5.41) is 19.2. The number of aliphatic carboxylic acids is 1. The normalized spacial score (nSPS) is 21.0.